The van der Waals surface area contributed by atoms with Crippen molar-refractivity contribution in [1.82, 2.24) is 15.0 Å². The molecular formula is C19H26N4O4. The van der Waals surface area contributed by atoms with Crippen molar-refractivity contribution in [3.05, 3.63) is 35.5 Å². The second-order valence-electron chi connectivity index (χ2n) is 6.88. The Kier molecular flexibility index (Phi) is 6.28. The summed E-state index contributed by atoms with van der Waals surface area (Å²) in [7, 11) is 1.59. The first-order valence-electron chi connectivity index (χ1n) is 9.17. The highest BCUT2D eigenvalue weighted by Gasteiger charge is 2.20. The van der Waals surface area contributed by atoms with Gasteiger partial charge in [0.05, 0.1) is 32.6 Å². The van der Waals surface area contributed by atoms with Crippen LogP contribution >= 0.6 is 0 Å². The van der Waals surface area contributed by atoms with Gasteiger partial charge >= 0.3 is 0 Å². The molecule has 0 saturated carbocycles. The summed E-state index contributed by atoms with van der Waals surface area (Å²) in [4.78, 5) is 18.9. The Hall–Kier alpha value is -2.61. The number of morpholine rings is 1. The molecule has 8 heteroatoms. The summed E-state index contributed by atoms with van der Waals surface area (Å²) in [5.74, 6) is 2.30. The van der Waals surface area contributed by atoms with Gasteiger partial charge in [-0.1, -0.05) is 19.0 Å². The summed E-state index contributed by atoms with van der Waals surface area (Å²) in [6.45, 7) is 6.93. The monoisotopic (exact) mass is 374 g/mol. The van der Waals surface area contributed by atoms with Gasteiger partial charge in [0.15, 0.2) is 5.82 Å². The van der Waals surface area contributed by atoms with Gasteiger partial charge < -0.3 is 24.2 Å². The van der Waals surface area contributed by atoms with Gasteiger partial charge in [-0.25, -0.2) is 0 Å². The molecular weight excluding hydrogens is 348 g/mol. The number of hydrogen-bond acceptors (Lipinski definition) is 7. The van der Waals surface area contributed by atoms with Crippen LogP contribution in [-0.4, -0.2) is 54.4 Å². The van der Waals surface area contributed by atoms with Crippen LogP contribution in [0.5, 0.6) is 5.75 Å². The van der Waals surface area contributed by atoms with Crippen molar-refractivity contribution in [2.24, 2.45) is 5.92 Å². The Morgan fingerprint density at radius 2 is 2.11 bits per heavy atom. The zero-order chi connectivity index (χ0) is 19.2. The lowest BCUT2D eigenvalue weighted by Gasteiger charge is -2.27. The molecule has 8 nitrogen and oxygen atoms in total. The van der Waals surface area contributed by atoms with Crippen molar-refractivity contribution in [2.75, 3.05) is 38.7 Å². The molecule has 1 aromatic heterocycles. The maximum Gasteiger partial charge on any atom is 0.254 e. The molecule has 0 bridgehead atoms. The van der Waals surface area contributed by atoms with E-state index in [2.05, 4.69) is 29.3 Å². The third-order valence-electron chi connectivity index (χ3n) is 4.28. The summed E-state index contributed by atoms with van der Waals surface area (Å²) >= 11 is 0. The molecule has 0 atom stereocenters. The zero-order valence-electron chi connectivity index (χ0n) is 16.0. The van der Waals surface area contributed by atoms with Crippen molar-refractivity contribution in [2.45, 2.75) is 26.8 Å². The third kappa shape index (κ3) is 4.97. The maximum atomic E-state index is 12.7. The molecule has 1 amide bonds. The number of amides is 1. The van der Waals surface area contributed by atoms with Gasteiger partial charge in [0.2, 0.25) is 5.89 Å². The average Bonchev–Trinajstić information content (AvgIpc) is 3.12. The SMILES string of the molecule is COc1ccc(C(=O)N2CCOCC2)cc1NCc1nc(CC(C)C)no1. The van der Waals surface area contributed by atoms with Crippen LogP contribution in [0.4, 0.5) is 5.69 Å². The van der Waals surface area contributed by atoms with E-state index in [4.69, 9.17) is 14.0 Å². The summed E-state index contributed by atoms with van der Waals surface area (Å²) in [5, 5.41) is 7.22. The smallest absolute Gasteiger partial charge is 0.254 e. The molecule has 0 aliphatic carbocycles. The standard InChI is InChI=1S/C19H26N4O4/c1-13(2)10-17-21-18(27-22-17)12-20-15-11-14(4-5-16(15)25-3)19(24)23-6-8-26-9-7-23/h4-5,11,13,20H,6-10,12H2,1-3H3. The molecule has 1 aromatic carbocycles. The van der Waals surface area contributed by atoms with E-state index in [1.54, 1.807) is 30.2 Å². The van der Waals surface area contributed by atoms with E-state index in [0.717, 1.165) is 6.42 Å². The minimum Gasteiger partial charge on any atom is -0.495 e. The van der Waals surface area contributed by atoms with Crippen LogP contribution in [0.2, 0.25) is 0 Å². The van der Waals surface area contributed by atoms with Crippen molar-refractivity contribution >= 4 is 11.6 Å². The van der Waals surface area contributed by atoms with Gasteiger partial charge in [-0.3, -0.25) is 4.79 Å². The molecule has 1 fully saturated rings. The molecule has 3 rings (SSSR count). The minimum atomic E-state index is -0.0130. The van der Waals surface area contributed by atoms with E-state index in [-0.39, 0.29) is 5.91 Å². The lowest BCUT2D eigenvalue weighted by atomic mass is 10.1. The first-order chi connectivity index (χ1) is 13.1. The van der Waals surface area contributed by atoms with Crippen LogP contribution in [0.3, 0.4) is 0 Å². The highest BCUT2D eigenvalue weighted by molar-refractivity contribution is 5.95. The summed E-state index contributed by atoms with van der Waals surface area (Å²) < 4.78 is 16.0. The fourth-order valence-electron chi connectivity index (χ4n) is 2.91. The molecule has 1 N–H and O–H groups in total. The molecule has 1 aliphatic heterocycles. The van der Waals surface area contributed by atoms with Gasteiger partial charge in [0.1, 0.15) is 5.75 Å². The van der Waals surface area contributed by atoms with Gasteiger partial charge in [0.25, 0.3) is 5.91 Å². The number of anilines is 1. The van der Waals surface area contributed by atoms with Gasteiger partial charge in [0, 0.05) is 25.1 Å². The van der Waals surface area contributed by atoms with Crippen LogP contribution in [0.1, 0.15) is 35.9 Å². The Bertz CT molecular complexity index is 769. The predicted octanol–water partition coefficient (Wildman–Crippen LogP) is 2.36. The minimum absolute atomic E-state index is 0.0130. The van der Waals surface area contributed by atoms with Gasteiger partial charge in [-0.2, -0.15) is 4.98 Å². The van der Waals surface area contributed by atoms with Crippen molar-refractivity contribution < 1.29 is 18.8 Å². The Morgan fingerprint density at radius 3 is 2.81 bits per heavy atom. The number of rotatable bonds is 7. The average molecular weight is 374 g/mol. The number of aromatic nitrogens is 2. The lowest BCUT2D eigenvalue weighted by molar-refractivity contribution is 0.0303. The first kappa shape index (κ1) is 19.2. The van der Waals surface area contributed by atoms with Crippen molar-refractivity contribution in [3.63, 3.8) is 0 Å². The Balaban J connectivity index is 1.69. The summed E-state index contributed by atoms with van der Waals surface area (Å²) in [6.07, 6.45) is 0.774. The fourth-order valence-corrected chi connectivity index (χ4v) is 2.91. The molecule has 146 valence electrons. The van der Waals surface area contributed by atoms with Crippen LogP contribution in [0.25, 0.3) is 0 Å². The van der Waals surface area contributed by atoms with Crippen LogP contribution < -0.4 is 10.1 Å². The lowest BCUT2D eigenvalue weighted by Crippen LogP contribution is -2.40. The third-order valence-corrected chi connectivity index (χ3v) is 4.28. The number of methoxy groups -OCH3 is 1. The number of hydrogen-bond donors (Lipinski definition) is 1. The van der Waals surface area contributed by atoms with Gasteiger partial charge in [-0.05, 0) is 24.1 Å². The van der Waals surface area contributed by atoms with Crippen molar-refractivity contribution in [1.29, 1.82) is 0 Å². The zero-order valence-corrected chi connectivity index (χ0v) is 16.0. The van der Waals surface area contributed by atoms with Crippen LogP contribution in [0, 0.1) is 5.92 Å². The normalized spacial score (nSPS) is 14.4. The molecule has 27 heavy (non-hydrogen) atoms. The molecule has 2 heterocycles. The van der Waals surface area contributed by atoms with E-state index in [1.165, 1.54) is 0 Å². The number of nitrogens with one attached hydrogen (secondary N) is 1. The van der Waals surface area contributed by atoms with Crippen molar-refractivity contribution in [3.8, 4) is 5.75 Å². The summed E-state index contributed by atoms with van der Waals surface area (Å²) in [5.41, 5.74) is 1.31. The number of nitrogens with zero attached hydrogens (tertiary/aromatic N) is 3. The molecule has 0 radical (unpaired) electrons. The molecule has 0 spiro atoms. The topological polar surface area (TPSA) is 89.7 Å². The number of benzene rings is 1. The first-order valence-corrected chi connectivity index (χ1v) is 9.17. The van der Waals surface area contributed by atoms with Gasteiger partial charge in [-0.15, -0.1) is 0 Å². The number of carbonyl (C=O) groups excluding carboxylic acids is 1. The number of ether oxygens (including phenoxy) is 2. The van der Waals surface area contributed by atoms with E-state index >= 15 is 0 Å². The molecule has 1 saturated heterocycles. The maximum absolute atomic E-state index is 12.7. The highest BCUT2D eigenvalue weighted by Crippen LogP contribution is 2.27. The van der Waals surface area contributed by atoms with Crippen LogP contribution in [0.15, 0.2) is 22.7 Å². The second kappa shape index (κ2) is 8.85. The largest absolute Gasteiger partial charge is 0.495 e. The molecule has 2 aromatic rings. The highest BCUT2D eigenvalue weighted by atomic mass is 16.5. The number of carbonyl (C=O) groups is 1. The van der Waals surface area contributed by atoms with E-state index in [9.17, 15) is 4.79 Å². The predicted molar refractivity (Wildman–Crippen MR) is 99.9 cm³/mol. The van der Waals surface area contributed by atoms with E-state index < -0.39 is 0 Å². The molecule has 1 aliphatic rings. The van der Waals surface area contributed by atoms with Crippen LogP contribution in [-0.2, 0) is 17.7 Å². The van der Waals surface area contributed by atoms with E-state index in [1.807, 2.05) is 0 Å². The Morgan fingerprint density at radius 1 is 1.33 bits per heavy atom. The second-order valence-corrected chi connectivity index (χ2v) is 6.88. The molecule has 0 unspecified atom stereocenters. The quantitative estimate of drug-likeness (QED) is 0.796. The van der Waals surface area contributed by atoms with E-state index in [0.29, 0.717) is 67.5 Å². The summed E-state index contributed by atoms with van der Waals surface area (Å²) in [6, 6.07) is 5.35. The fraction of sp³-hybridized carbons (Fsp3) is 0.526. The Labute approximate surface area is 158 Å².